The summed E-state index contributed by atoms with van der Waals surface area (Å²) in [6, 6.07) is 19.3. The maximum Gasteiger partial charge on any atom is 0.299 e. The van der Waals surface area contributed by atoms with Gasteiger partial charge in [0.25, 0.3) is 17.3 Å². The summed E-state index contributed by atoms with van der Waals surface area (Å²) in [5.41, 5.74) is 5.27. The zero-order valence-electron chi connectivity index (χ0n) is 15.0. The van der Waals surface area contributed by atoms with Crippen LogP contribution in [0.1, 0.15) is 27.5 Å². The van der Waals surface area contributed by atoms with Crippen LogP contribution in [0.2, 0.25) is 0 Å². The van der Waals surface area contributed by atoms with E-state index in [2.05, 4.69) is 5.32 Å². The van der Waals surface area contributed by atoms with Crippen LogP contribution >= 0.6 is 0 Å². The molecular formula is C20H16N4O5. The third kappa shape index (κ3) is 4.19. The van der Waals surface area contributed by atoms with E-state index in [1.807, 2.05) is 60.7 Å². The molecule has 0 unspecified atom stereocenters. The molecule has 0 heterocycles. The van der Waals surface area contributed by atoms with Crippen LogP contribution in [0, 0.1) is 20.2 Å². The monoisotopic (exact) mass is 392 g/mol. The highest BCUT2D eigenvalue weighted by Gasteiger charge is 2.27. The zero-order valence-corrected chi connectivity index (χ0v) is 15.0. The fourth-order valence-electron chi connectivity index (χ4n) is 2.93. The van der Waals surface area contributed by atoms with Gasteiger partial charge in [-0.15, -0.1) is 0 Å². The molecule has 9 heteroatoms. The van der Waals surface area contributed by atoms with Crippen LogP contribution in [-0.4, -0.2) is 15.8 Å². The molecule has 0 saturated heterocycles. The van der Waals surface area contributed by atoms with Gasteiger partial charge in [0, 0.05) is 6.07 Å². The van der Waals surface area contributed by atoms with Crippen molar-refractivity contribution in [3.05, 3.63) is 110 Å². The van der Waals surface area contributed by atoms with Crippen LogP contribution in [0.3, 0.4) is 0 Å². The molecule has 0 saturated carbocycles. The molecular weight excluding hydrogens is 376 g/mol. The highest BCUT2D eigenvalue weighted by atomic mass is 16.6. The van der Waals surface area contributed by atoms with E-state index < -0.39 is 38.9 Å². The molecule has 0 aliphatic carbocycles. The number of carbonyl (C=O) groups excluding carboxylic acids is 1. The Hall–Kier alpha value is -4.27. The lowest BCUT2D eigenvalue weighted by Crippen LogP contribution is -2.30. The van der Waals surface area contributed by atoms with E-state index >= 15 is 0 Å². The van der Waals surface area contributed by atoms with Gasteiger partial charge in [-0.2, -0.15) is 0 Å². The van der Waals surface area contributed by atoms with E-state index in [0.29, 0.717) is 0 Å². The van der Waals surface area contributed by atoms with E-state index in [4.69, 9.17) is 5.73 Å². The molecule has 0 aromatic heterocycles. The second-order valence-corrected chi connectivity index (χ2v) is 6.17. The molecule has 3 aromatic rings. The average Bonchev–Trinajstić information content (AvgIpc) is 2.72. The zero-order chi connectivity index (χ0) is 21.0. The number of nitro groups is 2. The van der Waals surface area contributed by atoms with E-state index in [1.54, 1.807) is 0 Å². The third-order valence-electron chi connectivity index (χ3n) is 4.34. The Morgan fingerprint density at radius 2 is 1.38 bits per heavy atom. The molecule has 0 atom stereocenters. The summed E-state index contributed by atoms with van der Waals surface area (Å²) in [5, 5.41) is 25.1. The third-order valence-corrected chi connectivity index (χ3v) is 4.34. The average molecular weight is 392 g/mol. The van der Waals surface area contributed by atoms with E-state index in [0.717, 1.165) is 23.3 Å². The topological polar surface area (TPSA) is 141 Å². The summed E-state index contributed by atoms with van der Waals surface area (Å²) < 4.78 is 0. The lowest BCUT2D eigenvalue weighted by atomic mass is 9.98. The van der Waals surface area contributed by atoms with E-state index in [9.17, 15) is 25.0 Å². The number of anilines is 1. The van der Waals surface area contributed by atoms with Gasteiger partial charge in [-0.3, -0.25) is 25.0 Å². The molecule has 0 radical (unpaired) electrons. The highest BCUT2D eigenvalue weighted by molar-refractivity contribution is 6.02. The van der Waals surface area contributed by atoms with Crippen molar-refractivity contribution in [2.24, 2.45) is 0 Å². The van der Waals surface area contributed by atoms with Crippen molar-refractivity contribution in [3.8, 4) is 0 Å². The Balaban J connectivity index is 2.05. The molecule has 3 N–H and O–H groups in total. The summed E-state index contributed by atoms with van der Waals surface area (Å²) in [4.78, 5) is 33.6. The highest BCUT2D eigenvalue weighted by Crippen LogP contribution is 2.32. The number of hydrogen-bond acceptors (Lipinski definition) is 6. The van der Waals surface area contributed by atoms with Crippen LogP contribution < -0.4 is 11.1 Å². The Bertz CT molecular complexity index is 1030. The Morgan fingerprint density at radius 1 is 0.862 bits per heavy atom. The number of nitrogens with two attached hydrogens (primary N) is 1. The lowest BCUT2D eigenvalue weighted by molar-refractivity contribution is -0.393. The minimum atomic E-state index is -0.856. The van der Waals surface area contributed by atoms with Gasteiger partial charge in [-0.25, -0.2) is 0 Å². The van der Waals surface area contributed by atoms with Crippen molar-refractivity contribution in [1.29, 1.82) is 0 Å². The summed E-state index contributed by atoms with van der Waals surface area (Å²) in [5.74, 6) is -0.757. The number of nitrogens with one attached hydrogen (secondary N) is 1. The number of rotatable bonds is 6. The quantitative estimate of drug-likeness (QED) is 0.373. The van der Waals surface area contributed by atoms with Crippen molar-refractivity contribution in [2.45, 2.75) is 6.04 Å². The summed E-state index contributed by atoms with van der Waals surface area (Å²) in [6.07, 6.45) is 0. The molecule has 0 fully saturated rings. The first-order valence-corrected chi connectivity index (χ1v) is 8.51. The maximum atomic E-state index is 12.9. The first kappa shape index (κ1) is 19.5. The fourth-order valence-corrected chi connectivity index (χ4v) is 2.93. The number of carbonyl (C=O) groups is 1. The first-order chi connectivity index (χ1) is 13.9. The summed E-state index contributed by atoms with van der Waals surface area (Å²) in [7, 11) is 0. The largest absolute Gasteiger partial charge is 0.392 e. The molecule has 9 nitrogen and oxygen atoms in total. The molecule has 3 rings (SSSR count). The SMILES string of the molecule is Nc1c(C(=O)NC(c2ccccc2)c2ccccc2)cc([N+](=O)[O-])cc1[N+](=O)[O-]. The predicted molar refractivity (Wildman–Crippen MR) is 106 cm³/mol. The van der Waals surface area contributed by atoms with E-state index in [-0.39, 0.29) is 5.56 Å². The number of nitro benzene ring substituents is 2. The molecule has 0 spiro atoms. The van der Waals surface area contributed by atoms with Crippen LogP contribution in [0.25, 0.3) is 0 Å². The summed E-state index contributed by atoms with van der Waals surface area (Å²) in [6.45, 7) is 0. The van der Waals surface area contributed by atoms with Gasteiger partial charge < -0.3 is 11.1 Å². The Kier molecular flexibility index (Phi) is 5.49. The van der Waals surface area contributed by atoms with Gasteiger partial charge >= 0.3 is 0 Å². The van der Waals surface area contributed by atoms with Crippen LogP contribution in [0.15, 0.2) is 72.8 Å². The number of benzene rings is 3. The normalized spacial score (nSPS) is 10.5. The number of non-ortho nitro benzene ring substituents is 1. The van der Waals surface area contributed by atoms with Gasteiger partial charge in [-0.05, 0) is 11.1 Å². The minimum absolute atomic E-state index is 0.331. The minimum Gasteiger partial charge on any atom is -0.392 e. The first-order valence-electron chi connectivity index (χ1n) is 8.51. The molecule has 146 valence electrons. The second-order valence-electron chi connectivity index (χ2n) is 6.17. The molecule has 0 aliphatic rings. The van der Waals surface area contributed by atoms with Crippen LogP contribution in [-0.2, 0) is 0 Å². The lowest BCUT2D eigenvalue weighted by Gasteiger charge is -2.20. The second kappa shape index (κ2) is 8.17. The van der Waals surface area contributed by atoms with Crippen LogP contribution in [0.4, 0.5) is 17.1 Å². The number of amides is 1. The standard InChI is InChI=1S/C20H16N4O5/c21-18-16(11-15(23(26)27)12-17(18)24(28)29)20(25)22-19(13-7-3-1-4-8-13)14-9-5-2-6-10-14/h1-12,19H,21H2,(H,22,25). The predicted octanol–water partition coefficient (Wildman–Crippen LogP) is 3.60. The Morgan fingerprint density at radius 3 is 1.83 bits per heavy atom. The Labute approximate surface area is 165 Å². The van der Waals surface area contributed by atoms with Crippen molar-refractivity contribution >= 4 is 23.0 Å². The van der Waals surface area contributed by atoms with Gasteiger partial charge in [0.15, 0.2) is 0 Å². The molecule has 3 aromatic carbocycles. The number of nitrogens with zero attached hydrogens (tertiary/aromatic N) is 2. The van der Waals surface area contributed by atoms with Gasteiger partial charge in [-0.1, -0.05) is 60.7 Å². The number of nitrogen functional groups attached to an aromatic ring is 1. The smallest absolute Gasteiger partial charge is 0.299 e. The van der Waals surface area contributed by atoms with Gasteiger partial charge in [0.2, 0.25) is 0 Å². The summed E-state index contributed by atoms with van der Waals surface area (Å²) >= 11 is 0. The maximum absolute atomic E-state index is 12.9. The van der Waals surface area contributed by atoms with Crippen LogP contribution in [0.5, 0.6) is 0 Å². The molecule has 1 amide bonds. The molecule has 0 bridgehead atoms. The number of hydrogen-bond donors (Lipinski definition) is 2. The van der Waals surface area contributed by atoms with Crippen molar-refractivity contribution in [2.75, 3.05) is 5.73 Å². The van der Waals surface area contributed by atoms with Gasteiger partial charge in [0.1, 0.15) is 5.69 Å². The van der Waals surface area contributed by atoms with Crippen molar-refractivity contribution in [1.82, 2.24) is 5.32 Å². The fraction of sp³-hybridized carbons (Fsp3) is 0.0500. The van der Waals surface area contributed by atoms with Gasteiger partial charge in [0.05, 0.1) is 27.5 Å². The molecule has 0 aliphatic heterocycles. The van der Waals surface area contributed by atoms with E-state index in [1.165, 1.54) is 0 Å². The van der Waals surface area contributed by atoms with Crippen molar-refractivity contribution in [3.63, 3.8) is 0 Å². The van der Waals surface area contributed by atoms with Crippen molar-refractivity contribution < 1.29 is 14.6 Å². The molecule has 29 heavy (non-hydrogen) atoms.